The third-order valence-corrected chi connectivity index (χ3v) is 6.44. The van der Waals surface area contributed by atoms with Gasteiger partial charge in [-0.2, -0.15) is 0 Å². The van der Waals surface area contributed by atoms with E-state index in [1.54, 1.807) is 30.3 Å². The van der Waals surface area contributed by atoms with Crippen molar-refractivity contribution >= 4 is 17.7 Å². The molecule has 0 aromatic heterocycles. The number of hydrogen-bond acceptors (Lipinski definition) is 5. The molecular weight excluding hydrogens is 368 g/mol. The molecule has 152 valence electrons. The largest absolute Gasteiger partial charge is 0.462 e. The fourth-order valence-corrected chi connectivity index (χ4v) is 4.71. The number of ether oxygens (including phenoxy) is 2. The quantitative estimate of drug-likeness (QED) is 0.416. The van der Waals surface area contributed by atoms with Crippen molar-refractivity contribution in [2.75, 3.05) is 0 Å². The summed E-state index contributed by atoms with van der Waals surface area (Å²) < 4.78 is 11.2. The fraction of sp³-hybridized carbons (Fsp3) is 0.458. The lowest BCUT2D eigenvalue weighted by Crippen LogP contribution is -2.25. The molecule has 29 heavy (non-hydrogen) atoms. The third-order valence-electron chi connectivity index (χ3n) is 6.44. The van der Waals surface area contributed by atoms with Gasteiger partial charge in [-0.1, -0.05) is 43.4 Å². The van der Waals surface area contributed by atoms with Crippen molar-refractivity contribution in [2.24, 2.45) is 23.7 Å². The van der Waals surface area contributed by atoms with Crippen LogP contribution in [0.5, 0.6) is 0 Å². The lowest BCUT2D eigenvalue weighted by Gasteiger charge is -2.20. The Morgan fingerprint density at radius 3 is 2.76 bits per heavy atom. The van der Waals surface area contributed by atoms with Crippen LogP contribution in [0.3, 0.4) is 0 Å². The second-order valence-electron chi connectivity index (χ2n) is 8.24. The maximum absolute atomic E-state index is 12.7. The van der Waals surface area contributed by atoms with Gasteiger partial charge in [0.05, 0.1) is 12.0 Å². The van der Waals surface area contributed by atoms with Crippen LogP contribution in [0.25, 0.3) is 0 Å². The molecule has 0 bridgehead atoms. The Kier molecular flexibility index (Phi) is 5.65. The highest BCUT2D eigenvalue weighted by atomic mass is 16.6. The monoisotopic (exact) mass is 394 g/mol. The number of rotatable bonds is 6. The van der Waals surface area contributed by atoms with Gasteiger partial charge in [0.2, 0.25) is 0 Å². The molecule has 1 aromatic rings. The second-order valence-corrected chi connectivity index (χ2v) is 8.24. The predicted octanol–water partition coefficient (Wildman–Crippen LogP) is 3.89. The molecular formula is C24H26O5. The molecule has 0 amide bonds. The van der Waals surface area contributed by atoms with Crippen LogP contribution in [0.15, 0.2) is 54.6 Å². The summed E-state index contributed by atoms with van der Waals surface area (Å²) in [5, 5.41) is 0. The van der Waals surface area contributed by atoms with Gasteiger partial charge in [0, 0.05) is 24.2 Å². The van der Waals surface area contributed by atoms with E-state index in [9.17, 15) is 14.4 Å². The zero-order valence-corrected chi connectivity index (χ0v) is 16.5. The van der Waals surface area contributed by atoms with Crippen LogP contribution in [-0.4, -0.2) is 29.9 Å². The number of carbonyl (C=O) groups excluding carboxylic acids is 3. The van der Waals surface area contributed by atoms with Gasteiger partial charge >= 0.3 is 11.9 Å². The summed E-state index contributed by atoms with van der Waals surface area (Å²) in [5.41, 5.74) is 0.488. The Balaban J connectivity index is 1.47. The Morgan fingerprint density at radius 1 is 1.24 bits per heavy atom. The van der Waals surface area contributed by atoms with Gasteiger partial charge in [0.25, 0.3) is 0 Å². The first-order chi connectivity index (χ1) is 14.0. The highest BCUT2D eigenvalue weighted by Gasteiger charge is 2.50. The summed E-state index contributed by atoms with van der Waals surface area (Å²) in [6.45, 7) is 1.96. The summed E-state index contributed by atoms with van der Waals surface area (Å²) in [6.07, 6.45) is 9.85. The van der Waals surface area contributed by atoms with Crippen LogP contribution < -0.4 is 0 Å². The molecule has 0 radical (unpaired) electrons. The highest BCUT2D eigenvalue weighted by molar-refractivity contribution is 5.92. The average Bonchev–Trinajstić information content (AvgIpc) is 3.43. The zero-order valence-electron chi connectivity index (χ0n) is 16.5. The summed E-state index contributed by atoms with van der Waals surface area (Å²) in [7, 11) is 0. The molecule has 1 aromatic carbocycles. The Labute approximate surface area is 170 Å². The first-order valence-electron chi connectivity index (χ1n) is 10.4. The fourth-order valence-electron chi connectivity index (χ4n) is 4.71. The van der Waals surface area contributed by atoms with Crippen molar-refractivity contribution in [1.82, 2.24) is 0 Å². The molecule has 1 aliphatic heterocycles. The maximum atomic E-state index is 12.7. The molecule has 0 N–H and O–H groups in total. The Bertz CT molecular complexity index is 840. The van der Waals surface area contributed by atoms with Crippen molar-refractivity contribution in [2.45, 2.75) is 44.8 Å². The number of hydrogen-bond donors (Lipinski definition) is 0. The van der Waals surface area contributed by atoms with E-state index in [4.69, 9.17) is 9.47 Å². The molecule has 2 fully saturated rings. The predicted molar refractivity (Wildman–Crippen MR) is 107 cm³/mol. The van der Waals surface area contributed by atoms with Gasteiger partial charge in [-0.15, -0.1) is 0 Å². The van der Waals surface area contributed by atoms with E-state index in [1.165, 1.54) is 0 Å². The van der Waals surface area contributed by atoms with E-state index in [-0.39, 0.29) is 41.5 Å². The van der Waals surface area contributed by atoms with Gasteiger partial charge in [0.1, 0.15) is 12.2 Å². The summed E-state index contributed by atoms with van der Waals surface area (Å²) in [5.74, 6) is -0.585. The van der Waals surface area contributed by atoms with E-state index in [0.717, 1.165) is 12.8 Å². The lowest BCUT2D eigenvalue weighted by atomic mass is 9.87. The van der Waals surface area contributed by atoms with Gasteiger partial charge in [-0.3, -0.25) is 9.59 Å². The molecule has 1 heterocycles. The molecule has 6 atom stereocenters. The van der Waals surface area contributed by atoms with Crippen molar-refractivity contribution in [1.29, 1.82) is 0 Å². The number of allylic oxidation sites excluding steroid dienone is 3. The van der Waals surface area contributed by atoms with Crippen LogP contribution in [0.1, 0.15) is 43.0 Å². The number of benzene rings is 1. The van der Waals surface area contributed by atoms with Crippen LogP contribution in [0.2, 0.25) is 0 Å². The van der Waals surface area contributed by atoms with E-state index >= 15 is 0 Å². The van der Waals surface area contributed by atoms with E-state index in [2.05, 4.69) is 12.2 Å². The summed E-state index contributed by atoms with van der Waals surface area (Å²) in [6, 6.07) is 8.84. The molecule has 1 unspecified atom stereocenters. The zero-order chi connectivity index (χ0) is 20.4. The molecule has 1 saturated heterocycles. The van der Waals surface area contributed by atoms with Crippen LogP contribution in [0, 0.1) is 23.7 Å². The van der Waals surface area contributed by atoms with Crippen LogP contribution in [0.4, 0.5) is 0 Å². The van der Waals surface area contributed by atoms with Crippen molar-refractivity contribution in [3.8, 4) is 0 Å². The van der Waals surface area contributed by atoms with Crippen LogP contribution >= 0.6 is 0 Å². The topological polar surface area (TPSA) is 69.7 Å². The molecule has 2 aliphatic carbocycles. The molecule has 5 nitrogen and oxygen atoms in total. The van der Waals surface area contributed by atoms with E-state index in [0.29, 0.717) is 18.4 Å². The molecule has 5 heteroatoms. The standard InChI is InChI=1S/C24H26O5/c1-15(16-7-5-6-8-16)20(25)12-11-18-19-13-23(26)28-22(19)14-21(18)29-24(27)17-9-3-2-4-10-17/h2-5,7,9-12,15-16,18-19,21-22H,6,8,13-14H2,1H3/t15-,16?,18+,19+,21+,22-/m0/s1. The molecule has 1 saturated carbocycles. The highest BCUT2D eigenvalue weighted by Crippen LogP contribution is 2.43. The normalized spacial score (nSPS) is 31.6. The molecule has 4 rings (SSSR count). The molecule has 0 spiro atoms. The number of ketones is 1. The van der Waals surface area contributed by atoms with Gasteiger partial charge in [-0.05, 0) is 37.0 Å². The van der Waals surface area contributed by atoms with Crippen LogP contribution in [-0.2, 0) is 19.1 Å². The maximum Gasteiger partial charge on any atom is 0.338 e. The SMILES string of the molecule is C[C@H](C(=O)C=C[C@@H]1[C@H]2CC(=O)O[C@H]2C[C@H]1OC(=O)c1ccccc1)C1C=CCC1. The minimum absolute atomic E-state index is 0.0539. The average molecular weight is 394 g/mol. The molecule has 3 aliphatic rings. The first kappa shape index (κ1) is 19.6. The van der Waals surface area contributed by atoms with Gasteiger partial charge in [-0.25, -0.2) is 4.79 Å². The smallest absolute Gasteiger partial charge is 0.338 e. The lowest BCUT2D eigenvalue weighted by molar-refractivity contribution is -0.141. The number of fused-ring (bicyclic) bond motifs is 1. The minimum Gasteiger partial charge on any atom is -0.462 e. The van der Waals surface area contributed by atoms with Crippen molar-refractivity contribution < 1.29 is 23.9 Å². The number of esters is 2. The number of carbonyl (C=O) groups is 3. The van der Waals surface area contributed by atoms with Gasteiger partial charge < -0.3 is 9.47 Å². The summed E-state index contributed by atoms with van der Waals surface area (Å²) in [4.78, 5) is 36.9. The third kappa shape index (κ3) is 4.19. The Morgan fingerprint density at radius 2 is 2.03 bits per heavy atom. The Hall–Kier alpha value is -2.69. The van der Waals surface area contributed by atoms with E-state index < -0.39 is 12.1 Å². The second kappa shape index (κ2) is 8.36. The summed E-state index contributed by atoms with van der Waals surface area (Å²) >= 11 is 0. The van der Waals surface area contributed by atoms with Crippen molar-refractivity contribution in [3.05, 3.63) is 60.2 Å². The first-order valence-corrected chi connectivity index (χ1v) is 10.4. The van der Waals surface area contributed by atoms with E-state index in [1.807, 2.05) is 19.1 Å². The minimum atomic E-state index is -0.406. The van der Waals surface area contributed by atoms with Crippen molar-refractivity contribution in [3.63, 3.8) is 0 Å². The van der Waals surface area contributed by atoms with Gasteiger partial charge in [0.15, 0.2) is 5.78 Å².